The summed E-state index contributed by atoms with van der Waals surface area (Å²) in [6.45, 7) is 5.54. The minimum absolute atomic E-state index is 0.00905. The molecule has 2 aliphatic carbocycles. The van der Waals surface area contributed by atoms with E-state index in [4.69, 9.17) is 4.74 Å². The first kappa shape index (κ1) is 16.9. The largest absolute Gasteiger partial charge is 0.373 e. The number of carbonyl (C=O) groups is 1. The lowest BCUT2D eigenvalue weighted by Crippen LogP contribution is -2.52. The Morgan fingerprint density at radius 1 is 1.19 bits per heavy atom. The molecule has 5 rings (SSSR count). The van der Waals surface area contributed by atoms with Gasteiger partial charge in [0, 0.05) is 28.7 Å². The second-order valence-corrected chi connectivity index (χ2v) is 9.06. The third-order valence-corrected chi connectivity index (χ3v) is 6.37. The maximum atomic E-state index is 13.1. The SMILES string of the molecule is CC1(C)CC(=O)C2=C(C1)NC1=C(CN=N1)C21CC(OCc2ccccc2)C1. The van der Waals surface area contributed by atoms with Gasteiger partial charge in [-0.2, -0.15) is 5.11 Å². The van der Waals surface area contributed by atoms with Crippen molar-refractivity contribution in [2.24, 2.45) is 21.1 Å². The highest BCUT2D eigenvalue weighted by Gasteiger charge is 2.57. The Hall–Kier alpha value is -2.27. The molecule has 0 aromatic heterocycles. The van der Waals surface area contributed by atoms with Crippen molar-refractivity contribution in [1.29, 1.82) is 0 Å². The van der Waals surface area contributed by atoms with Crippen molar-refractivity contribution in [3.8, 4) is 0 Å². The Labute approximate surface area is 159 Å². The minimum atomic E-state index is -0.214. The van der Waals surface area contributed by atoms with Gasteiger partial charge in [0.25, 0.3) is 0 Å². The predicted octanol–water partition coefficient (Wildman–Crippen LogP) is 4.28. The highest BCUT2D eigenvalue weighted by Crippen LogP contribution is 2.60. The van der Waals surface area contributed by atoms with Gasteiger partial charge in [-0.05, 0) is 30.2 Å². The molecule has 0 radical (unpaired) electrons. The number of benzene rings is 1. The molecule has 1 spiro atoms. The van der Waals surface area contributed by atoms with Crippen molar-refractivity contribution in [2.45, 2.75) is 52.2 Å². The molecule has 1 N–H and O–H groups in total. The van der Waals surface area contributed by atoms with Crippen molar-refractivity contribution in [3.05, 3.63) is 58.6 Å². The van der Waals surface area contributed by atoms with Gasteiger partial charge in [-0.15, -0.1) is 5.11 Å². The van der Waals surface area contributed by atoms with E-state index in [0.717, 1.165) is 36.4 Å². The molecule has 1 saturated carbocycles. The second kappa shape index (κ2) is 5.86. The Morgan fingerprint density at radius 2 is 1.96 bits per heavy atom. The summed E-state index contributed by atoms with van der Waals surface area (Å²) in [5.41, 5.74) is 4.21. The molecule has 1 fully saturated rings. The van der Waals surface area contributed by atoms with E-state index in [1.54, 1.807) is 0 Å². The van der Waals surface area contributed by atoms with E-state index >= 15 is 0 Å². The maximum Gasteiger partial charge on any atom is 0.162 e. The fraction of sp³-hybridized carbons (Fsp3) is 0.500. The fourth-order valence-electron chi connectivity index (χ4n) is 5.14. The Balaban J connectivity index is 1.40. The van der Waals surface area contributed by atoms with Crippen LogP contribution in [0.4, 0.5) is 0 Å². The molecule has 5 nitrogen and oxygen atoms in total. The standard InChI is InChI=1S/C22H25N3O2/c1-21(2)10-17-19(18(26)11-21)22(16-12-23-25-20(16)24-17)8-15(9-22)27-13-14-6-4-3-5-7-14/h3-7,15,24H,8-13H2,1-2H3. The topological polar surface area (TPSA) is 63.0 Å². The van der Waals surface area contributed by atoms with E-state index in [1.807, 2.05) is 18.2 Å². The molecule has 0 bridgehead atoms. The highest BCUT2D eigenvalue weighted by atomic mass is 16.5. The fourth-order valence-corrected chi connectivity index (χ4v) is 5.14. The Kier molecular flexibility index (Phi) is 3.66. The summed E-state index contributed by atoms with van der Waals surface area (Å²) in [5, 5.41) is 12.0. The molecule has 1 aromatic carbocycles. The van der Waals surface area contributed by atoms with E-state index < -0.39 is 0 Å². The number of nitrogens with one attached hydrogen (secondary N) is 1. The van der Waals surface area contributed by atoms with Crippen LogP contribution in [0, 0.1) is 10.8 Å². The number of ether oxygens (including phenoxy) is 1. The summed E-state index contributed by atoms with van der Waals surface area (Å²) in [6, 6.07) is 10.3. The van der Waals surface area contributed by atoms with Crippen LogP contribution in [-0.2, 0) is 16.1 Å². The predicted molar refractivity (Wildman–Crippen MR) is 102 cm³/mol. The van der Waals surface area contributed by atoms with Crippen molar-refractivity contribution in [3.63, 3.8) is 0 Å². The molecular weight excluding hydrogens is 338 g/mol. The van der Waals surface area contributed by atoms with E-state index in [0.29, 0.717) is 19.6 Å². The van der Waals surface area contributed by atoms with Crippen LogP contribution >= 0.6 is 0 Å². The first-order chi connectivity index (χ1) is 13.0. The van der Waals surface area contributed by atoms with Crippen molar-refractivity contribution in [1.82, 2.24) is 5.32 Å². The normalized spacial score (nSPS) is 30.9. The first-order valence-corrected chi connectivity index (χ1v) is 9.77. The van der Waals surface area contributed by atoms with Crippen LogP contribution in [-0.4, -0.2) is 18.4 Å². The lowest BCUT2D eigenvalue weighted by molar-refractivity contribution is -0.122. The quantitative estimate of drug-likeness (QED) is 0.872. The van der Waals surface area contributed by atoms with Crippen LogP contribution < -0.4 is 5.32 Å². The number of ketones is 1. The average molecular weight is 363 g/mol. The van der Waals surface area contributed by atoms with E-state index in [9.17, 15) is 4.79 Å². The zero-order valence-corrected chi connectivity index (χ0v) is 15.9. The molecule has 140 valence electrons. The van der Waals surface area contributed by atoms with Gasteiger partial charge in [0.2, 0.25) is 0 Å². The maximum absolute atomic E-state index is 13.1. The molecule has 1 aromatic rings. The monoisotopic (exact) mass is 363 g/mol. The molecule has 4 aliphatic rings. The lowest BCUT2D eigenvalue weighted by Gasteiger charge is -2.53. The number of fused-ring (bicyclic) bond motifs is 2. The number of hydrogen-bond acceptors (Lipinski definition) is 5. The second-order valence-electron chi connectivity index (χ2n) is 9.06. The summed E-state index contributed by atoms with van der Waals surface area (Å²) in [4.78, 5) is 13.1. The Bertz CT molecular complexity index is 889. The van der Waals surface area contributed by atoms with E-state index in [1.165, 1.54) is 11.1 Å². The van der Waals surface area contributed by atoms with Gasteiger partial charge in [0.15, 0.2) is 11.6 Å². The third kappa shape index (κ3) is 2.67. The van der Waals surface area contributed by atoms with Crippen LogP contribution in [0.1, 0.15) is 45.1 Å². The van der Waals surface area contributed by atoms with E-state index in [-0.39, 0.29) is 22.7 Å². The number of hydrogen-bond donors (Lipinski definition) is 1. The number of dihydropyridines is 1. The van der Waals surface area contributed by atoms with Gasteiger partial charge in [-0.3, -0.25) is 4.79 Å². The van der Waals surface area contributed by atoms with Gasteiger partial charge in [-0.25, -0.2) is 0 Å². The summed E-state index contributed by atoms with van der Waals surface area (Å²) < 4.78 is 6.16. The molecule has 0 atom stereocenters. The molecular formula is C22H25N3O2. The zero-order valence-electron chi connectivity index (χ0n) is 15.9. The molecule has 0 amide bonds. The zero-order chi connectivity index (χ0) is 18.6. The van der Waals surface area contributed by atoms with Gasteiger partial charge in [-0.1, -0.05) is 44.2 Å². The smallest absolute Gasteiger partial charge is 0.162 e. The van der Waals surface area contributed by atoms with Gasteiger partial charge < -0.3 is 10.1 Å². The number of allylic oxidation sites excluding steroid dienone is 2. The summed E-state index contributed by atoms with van der Waals surface area (Å²) in [6.07, 6.45) is 3.39. The average Bonchev–Trinajstić information content (AvgIpc) is 3.05. The van der Waals surface area contributed by atoms with Crippen LogP contribution in [0.3, 0.4) is 0 Å². The highest BCUT2D eigenvalue weighted by molar-refractivity contribution is 6.00. The van der Waals surface area contributed by atoms with Gasteiger partial charge in [0.1, 0.15) is 0 Å². The van der Waals surface area contributed by atoms with Gasteiger partial charge >= 0.3 is 0 Å². The molecule has 2 heterocycles. The number of Topliss-reactive ketones (excluding diaryl/α,β-unsaturated/α-hetero) is 1. The molecule has 0 unspecified atom stereocenters. The number of carbonyl (C=O) groups excluding carboxylic acids is 1. The molecule has 0 saturated heterocycles. The molecule has 2 aliphatic heterocycles. The molecule has 27 heavy (non-hydrogen) atoms. The number of nitrogens with zero attached hydrogens (tertiary/aromatic N) is 2. The number of rotatable bonds is 3. The van der Waals surface area contributed by atoms with Crippen LogP contribution in [0.2, 0.25) is 0 Å². The summed E-state index contributed by atoms with van der Waals surface area (Å²) in [7, 11) is 0. The van der Waals surface area contributed by atoms with Crippen LogP contribution in [0.15, 0.2) is 63.2 Å². The number of azo groups is 1. The first-order valence-electron chi connectivity index (χ1n) is 9.77. The summed E-state index contributed by atoms with van der Waals surface area (Å²) in [5.74, 6) is 1.16. The Morgan fingerprint density at radius 3 is 2.74 bits per heavy atom. The van der Waals surface area contributed by atoms with Crippen LogP contribution in [0.25, 0.3) is 0 Å². The molecule has 5 heteroatoms. The van der Waals surface area contributed by atoms with Crippen molar-refractivity contribution >= 4 is 5.78 Å². The third-order valence-electron chi connectivity index (χ3n) is 6.37. The van der Waals surface area contributed by atoms with E-state index in [2.05, 4.69) is 41.5 Å². The lowest BCUT2D eigenvalue weighted by atomic mass is 9.53. The summed E-state index contributed by atoms with van der Waals surface area (Å²) >= 11 is 0. The van der Waals surface area contributed by atoms with Crippen LogP contribution in [0.5, 0.6) is 0 Å². The van der Waals surface area contributed by atoms with Crippen molar-refractivity contribution in [2.75, 3.05) is 6.54 Å². The van der Waals surface area contributed by atoms with Crippen molar-refractivity contribution < 1.29 is 9.53 Å². The van der Waals surface area contributed by atoms with Gasteiger partial charge in [0.05, 0.1) is 19.3 Å². The minimum Gasteiger partial charge on any atom is -0.373 e.